The Morgan fingerprint density at radius 3 is 2.88 bits per heavy atom. The molecule has 0 saturated heterocycles. The number of nitrogens with one attached hydrogen (secondary N) is 1. The van der Waals surface area contributed by atoms with E-state index in [0.717, 1.165) is 0 Å². The molecule has 0 aliphatic carbocycles. The van der Waals surface area contributed by atoms with Gasteiger partial charge in [0.1, 0.15) is 5.82 Å². The lowest BCUT2D eigenvalue weighted by molar-refractivity contribution is 0.0996. The molecule has 0 atom stereocenters. The Kier molecular flexibility index (Phi) is 2.92. The van der Waals surface area contributed by atoms with Crippen LogP contribution in [0.4, 0.5) is 10.1 Å². The van der Waals surface area contributed by atoms with Crippen LogP contribution in [-0.2, 0) is 0 Å². The molecule has 1 amide bonds. The lowest BCUT2D eigenvalue weighted by Gasteiger charge is -2.04. The topological polar surface area (TPSA) is 42.2 Å². The van der Waals surface area contributed by atoms with E-state index < -0.39 is 11.7 Å². The molecule has 0 radical (unpaired) electrons. The summed E-state index contributed by atoms with van der Waals surface area (Å²) in [5.74, 6) is -0.963. The molecule has 0 unspecified atom stereocenters. The van der Waals surface area contributed by atoms with Gasteiger partial charge >= 0.3 is 0 Å². The molecule has 5 heteroatoms. The minimum atomic E-state index is -0.552. The summed E-state index contributed by atoms with van der Waals surface area (Å²) >= 11 is 5.68. The van der Waals surface area contributed by atoms with Gasteiger partial charge in [0.2, 0.25) is 0 Å². The van der Waals surface area contributed by atoms with Crippen LogP contribution in [0.15, 0.2) is 41.0 Å². The molecular formula is C11H7ClFNO2. The first kappa shape index (κ1) is 10.7. The van der Waals surface area contributed by atoms with Gasteiger partial charge in [0.05, 0.1) is 12.0 Å². The van der Waals surface area contributed by atoms with Crippen molar-refractivity contribution in [1.29, 1.82) is 0 Å². The summed E-state index contributed by atoms with van der Waals surface area (Å²) in [4.78, 5) is 11.5. The Morgan fingerprint density at radius 2 is 2.19 bits per heavy atom. The van der Waals surface area contributed by atoms with E-state index in [0.29, 0.717) is 5.02 Å². The van der Waals surface area contributed by atoms with Gasteiger partial charge in [0.25, 0.3) is 5.91 Å². The number of carbonyl (C=O) groups is 1. The summed E-state index contributed by atoms with van der Waals surface area (Å²) in [6.07, 6.45) is 1.36. The summed E-state index contributed by atoms with van der Waals surface area (Å²) in [5.41, 5.74) is 0.0221. The van der Waals surface area contributed by atoms with Gasteiger partial charge in [-0.15, -0.1) is 0 Å². The Labute approximate surface area is 95.8 Å². The molecule has 0 aliphatic rings. The van der Waals surface area contributed by atoms with Crippen LogP contribution >= 0.6 is 11.6 Å². The second kappa shape index (κ2) is 4.37. The van der Waals surface area contributed by atoms with Crippen LogP contribution in [-0.4, -0.2) is 5.91 Å². The maximum Gasteiger partial charge on any atom is 0.291 e. The van der Waals surface area contributed by atoms with Gasteiger partial charge in [-0.05, 0) is 30.3 Å². The summed E-state index contributed by atoms with van der Waals surface area (Å²) in [6, 6.07) is 6.97. The molecule has 16 heavy (non-hydrogen) atoms. The van der Waals surface area contributed by atoms with Gasteiger partial charge in [-0.1, -0.05) is 11.6 Å². The van der Waals surface area contributed by atoms with E-state index in [2.05, 4.69) is 5.32 Å². The second-order valence-corrected chi connectivity index (χ2v) is 3.49. The molecule has 0 spiro atoms. The van der Waals surface area contributed by atoms with Crippen LogP contribution in [0.25, 0.3) is 0 Å². The standard InChI is InChI=1S/C11H7ClFNO2/c12-7-3-4-8(13)9(6-7)14-11(15)10-2-1-5-16-10/h1-6H,(H,14,15). The first-order valence-electron chi connectivity index (χ1n) is 4.47. The molecule has 1 N–H and O–H groups in total. The number of carbonyl (C=O) groups excluding carboxylic acids is 1. The van der Waals surface area contributed by atoms with Crippen LogP contribution in [0.2, 0.25) is 5.02 Å². The molecule has 1 aromatic heterocycles. The minimum Gasteiger partial charge on any atom is -0.459 e. The van der Waals surface area contributed by atoms with Crippen LogP contribution < -0.4 is 5.32 Å². The average molecular weight is 240 g/mol. The number of hydrogen-bond donors (Lipinski definition) is 1. The van der Waals surface area contributed by atoms with Crippen molar-refractivity contribution in [3.8, 4) is 0 Å². The van der Waals surface area contributed by atoms with E-state index in [-0.39, 0.29) is 11.4 Å². The first-order chi connectivity index (χ1) is 7.66. The fourth-order valence-corrected chi connectivity index (χ4v) is 1.36. The van der Waals surface area contributed by atoms with E-state index in [1.54, 1.807) is 6.07 Å². The number of rotatable bonds is 2. The lowest BCUT2D eigenvalue weighted by Crippen LogP contribution is -2.11. The number of benzene rings is 1. The first-order valence-corrected chi connectivity index (χ1v) is 4.84. The van der Waals surface area contributed by atoms with Gasteiger partial charge in [-0.3, -0.25) is 4.79 Å². The zero-order valence-corrected chi connectivity index (χ0v) is 8.79. The number of halogens is 2. The van der Waals surface area contributed by atoms with Crippen LogP contribution in [0.3, 0.4) is 0 Å². The van der Waals surface area contributed by atoms with Crippen molar-refractivity contribution >= 4 is 23.2 Å². The molecule has 2 rings (SSSR count). The summed E-state index contributed by atoms with van der Waals surface area (Å²) in [5, 5.41) is 2.70. The zero-order chi connectivity index (χ0) is 11.5. The van der Waals surface area contributed by atoms with Crippen LogP contribution in [0.1, 0.15) is 10.6 Å². The molecule has 0 saturated carbocycles. The van der Waals surface area contributed by atoms with Crippen molar-refractivity contribution in [2.75, 3.05) is 5.32 Å². The number of anilines is 1. The maximum atomic E-state index is 13.3. The quantitative estimate of drug-likeness (QED) is 0.874. The SMILES string of the molecule is O=C(Nc1cc(Cl)ccc1F)c1ccco1. The molecule has 82 valence electrons. The van der Waals surface area contributed by atoms with E-state index in [1.165, 1.54) is 30.5 Å². The van der Waals surface area contributed by atoms with E-state index >= 15 is 0 Å². The Bertz CT molecular complexity index is 511. The Balaban J connectivity index is 2.21. The third kappa shape index (κ3) is 2.23. The number of amides is 1. The predicted molar refractivity (Wildman–Crippen MR) is 58.1 cm³/mol. The van der Waals surface area contributed by atoms with Gasteiger partial charge in [0.15, 0.2) is 5.76 Å². The Hall–Kier alpha value is -1.81. The largest absolute Gasteiger partial charge is 0.459 e. The highest BCUT2D eigenvalue weighted by molar-refractivity contribution is 6.30. The zero-order valence-electron chi connectivity index (χ0n) is 8.04. The third-order valence-electron chi connectivity index (χ3n) is 1.92. The number of hydrogen-bond acceptors (Lipinski definition) is 2. The molecule has 0 aliphatic heterocycles. The molecule has 1 aromatic carbocycles. The molecule has 3 nitrogen and oxygen atoms in total. The van der Waals surface area contributed by atoms with Crippen molar-refractivity contribution in [2.24, 2.45) is 0 Å². The second-order valence-electron chi connectivity index (χ2n) is 3.06. The van der Waals surface area contributed by atoms with Crippen molar-refractivity contribution in [1.82, 2.24) is 0 Å². The lowest BCUT2D eigenvalue weighted by atomic mass is 10.3. The normalized spacial score (nSPS) is 10.1. The molecule has 2 aromatic rings. The Morgan fingerprint density at radius 1 is 1.38 bits per heavy atom. The monoisotopic (exact) mass is 239 g/mol. The average Bonchev–Trinajstić information content (AvgIpc) is 2.76. The highest BCUT2D eigenvalue weighted by Crippen LogP contribution is 2.20. The number of furan rings is 1. The highest BCUT2D eigenvalue weighted by Gasteiger charge is 2.11. The fraction of sp³-hybridized carbons (Fsp3) is 0. The van der Waals surface area contributed by atoms with Crippen molar-refractivity contribution in [3.63, 3.8) is 0 Å². The smallest absolute Gasteiger partial charge is 0.291 e. The molecule has 1 heterocycles. The van der Waals surface area contributed by atoms with Gasteiger partial charge in [-0.2, -0.15) is 0 Å². The summed E-state index contributed by atoms with van der Waals surface area (Å²) in [7, 11) is 0. The minimum absolute atomic E-state index is 0.0221. The highest BCUT2D eigenvalue weighted by atomic mass is 35.5. The molecule has 0 bridgehead atoms. The fourth-order valence-electron chi connectivity index (χ4n) is 1.18. The van der Waals surface area contributed by atoms with E-state index in [9.17, 15) is 9.18 Å². The van der Waals surface area contributed by atoms with Gasteiger partial charge < -0.3 is 9.73 Å². The van der Waals surface area contributed by atoms with Gasteiger partial charge in [-0.25, -0.2) is 4.39 Å². The maximum absolute atomic E-state index is 13.3. The van der Waals surface area contributed by atoms with Gasteiger partial charge in [0, 0.05) is 5.02 Å². The summed E-state index contributed by atoms with van der Waals surface area (Å²) in [6.45, 7) is 0. The predicted octanol–water partition coefficient (Wildman–Crippen LogP) is 3.32. The van der Waals surface area contributed by atoms with Crippen molar-refractivity contribution in [3.05, 3.63) is 53.2 Å². The molecule has 0 fully saturated rings. The van der Waals surface area contributed by atoms with Crippen LogP contribution in [0, 0.1) is 5.82 Å². The van der Waals surface area contributed by atoms with Crippen molar-refractivity contribution in [2.45, 2.75) is 0 Å². The van der Waals surface area contributed by atoms with E-state index in [1.807, 2.05) is 0 Å². The molecular weight excluding hydrogens is 233 g/mol. The third-order valence-corrected chi connectivity index (χ3v) is 2.16. The van der Waals surface area contributed by atoms with Crippen molar-refractivity contribution < 1.29 is 13.6 Å². The van der Waals surface area contributed by atoms with E-state index in [4.69, 9.17) is 16.0 Å². The van der Waals surface area contributed by atoms with Crippen LogP contribution in [0.5, 0.6) is 0 Å². The summed E-state index contributed by atoms with van der Waals surface area (Å²) < 4.78 is 18.1.